The zero-order valence-corrected chi connectivity index (χ0v) is 19.1. The molecule has 0 aliphatic heterocycles. The third kappa shape index (κ3) is 6.60. The van der Waals surface area contributed by atoms with E-state index >= 15 is 0 Å². The molecule has 0 radical (unpaired) electrons. The Kier molecular flexibility index (Phi) is 8.70. The summed E-state index contributed by atoms with van der Waals surface area (Å²) in [5.74, 6) is 0.214. The summed E-state index contributed by atoms with van der Waals surface area (Å²) in [4.78, 5) is 27.6. The fourth-order valence-electron chi connectivity index (χ4n) is 3.00. The van der Waals surface area contributed by atoms with Crippen molar-refractivity contribution in [3.8, 4) is 5.75 Å². The van der Waals surface area contributed by atoms with E-state index in [0.29, 0.717) is 22.6 Å². The summed E-state index contributed by atoms with van der Waals surface area (Å²) in [5, 5.41) is 2.89. The lowest BCUT2D eigenvalue weighted by Gasteiger charge is -2.21. The van der Waals surface area contributed by atoms with Crippen molar-refractivity contribution >= 4 is 33.4 Å². The molecule has 2 aromatic rings. The standard InChI is InChI=1S/C23H29BrN2O3/c1-5-12-26(13-6-2)23(28)17-8-7-9-19(14-17)25-22(27)20-15-18(24)10-11-21(20)29-16(3)4/h7-11,14-16H,5-6,12-13H2,1-4H3,(H,25,27). The molecule has 0 saturated carbocycles. The van der Waals surface area contributed by atoms with Crippen LogP contribution in [0.4, 0.5) is 5.69 Å². The summed E-state index contributed by atoms with van der Waals surface area (Å²) < 4.78 is 6.55. The van der Waals surface area contributed by atoms with Gasteiger partial charge in [0.1, 0.15) is 5.75 Å². The fourth-order valence-corrected chi connectivity index (χ4v) is 3.36. The predicted octanol–water partition coefficient (Wildman–Crippen LogP) is 5.75. The molecule has 0 bridgehead atoms. The maximum Gasteiger partial charge on any atom is 0.259 e. The number of amides is 2. The van der Waals surface area contributed by atoms with Gasteiger partial charge in [-0.1, -0.05) is 35.8 Å². The van der Waals surface area contributed by atoms with Crippen molar-refractivity contribution in [1.29, 1.82) is 0 Å². The summed E-state index contributed by atoms with van der Waals surface area (Å²) in [6, 6.07) is 12.4. The molecule has 0 heterocycles. The third-order valence-corrected chi connectivity index (χ3v) is 4.68. The van der Waals surface area contributed by atoms with Crippen molar-refractivity contribution in [2.75, 3.05) is 18.4 Å². The SMILES string of the molecule is CCCN(CCC)C(=O)c1cccc(NC(=O)c2cc(Br)ccc2OC(C)C)c1. The maximum atomic E-state index is 12.9. The third-order valence-electron chi connectivity index (χ3n) is 4.19. The molecule has 0 aromatic heterocycles. The van der Waals surface area contributed by atoms with Crippen molar-refractivity contribution in [2.45, 2.75) is 46.6 Å². The molecule has 6 heteroatoms. The number of carbonyl (C=O) groups excluding carboxylic acids is 2. The van der Waals surface area contributed by atoms with E-state index in [1.165, 1.54) is 0 Å². The van der Waals surface area contributed by atoms with E-state index in [1.54, 1.807) is 36.4 Å². The molecule has 156 valence electrons. The van der Waals surface area contributed by atoms with Gasteiger partial charge in [-0.3, -0.25) is 9.59 Å². The second kappa shape index (κ2) is 11.0. The molecule has 0 saturated heterocycles. The first-order chi connectivity index (χ1) is 13.8. The first-order valence-corrected chi connectivity index (χ1v) is 10.8. The van der Waals surface area contributed by atoms with Crippen molar-refractivity contribution in [3.63, 3.8) is 0 Å². The molecule has 0 fully saturated rings. The molecule has 0 atom stereocenters. The Balaban J connectivity index is 2.23. The highest BCUT2D eigenvalue weighted by molar-refractivity contribution is 9.10. The number of hydrogen-bond donors (Lipinski definition) is 1. The van der Waals surface area contributed by atoms with E-state index in [2.05, 4.69) is 35.1 Å². The molecule has 2 amide bonds. The van der Waals surface area contributed by atoms with Crippen LogP contribution >= 0.6 is 15.9 Å². The van der Waals surface area contributed by atoms with Gasteiger partial charge < -0.3 is 15.0 Å². The van der Waals surface area contributed by atoms with Gasteiger partial charge in [-0.05, 0) is 63.1 Å². The molecule has 2 aromatic carbocycles. The lowest BCUT2D eigenvalue weighted by molar-refractivity contribution is 0.0755. The number of halogens is 1. The Labute approximate surface area is 181 Å². The summed E-state index contributed by atoms with van der Waals surface area (Å²) in [7, 11) is 0. The highest BCUT2D eigenvalue weighted by atomic mass is 79.9. The lowest BCUT2D eigenvalue weighted by atomic mass is 10.1. The molecule has 2 rings (SSSR count). The van der Waals surface area contributed by atoms with E-state index in [0.717, 1.165) is 30.4 Å². The van der Waals surface area contributed by atoms with Gasteiger partial charge in [0.15, 0.2) is 0 Å². The molecular weight excluding hydrogens is 432 g/mol. The number of rotatable bonds is 9. The molecule has 0 aliphatic carbocycles. The second-order valence-electron chi connectivity index (χ2n) is 7.13. The van der Waals surface area contributed by atoms with E-state index in [4.69, 9.17) is 4.74 Å². The van der Waals surface area contributed by atoms with Crippen LogP contribution in [0.15, 0.2) is 46.9 Å². The highest BCUT2D eigenvalue weighted by Crippen LogP contribution is 2.25. The van der Waals surface area contributed by atoms with Crippen LogP contribution in [0.3, 0.4) is 0 Å². The summed E-state index contributed by atoms with van der Waals surface area (Å²) in [6.07, 6.45) is 1.76. The molecule has 5 nitrogen and oxygen atoms in total. The van der Waals surface area contributed by atoms with Crippen LogP contribution in [-0.2, 0) is 0 Å². The van der Waals surface area contributed by atoms with Crippen LogP contribution in [0.25, 0.3) is 0 Å². The molecule has 1 N–H and O–H groups in total. The Morgan fingerprint density at radius 1 is 1.07 bits per heavy atom. The van der Waals surface area contributed by atoms with Crippen LogP contribution in [-0.4, -0.2) is 35.9 Å². The number of nitrogens with zero attached hydrogens (tertiary/aromatic N) is 1. The van der Waals surface area contributed by atoms with Crippen LogP contribution < -0.4 is 10.1 Å². The lowest BCUT2D eigenvalue weighted by Crippen LogP contribution is -2.32. The van der Waals surface area contributed by atoms with E-state index < -0.39 is 0 Å². The molecule has 0 spiro atoms. The smallest absolute Gasteiger partial charge is 0.259 e. The maximum absolute atomic E-state index is 12.9. The molecule has 29 heavy (non-hydrogen) atoms. The minimum Gasteiger partial charge on any atom is -0.490 e. The largest absolute Gasteiger partial charge is 0.490 e. The molecular formula is C23H29BrN2O3. The van der Waals surface area contributed by atoms with Crippen molar-refractivity contribution in [2.24, 2.45) is 0 Å². The molecule has 0 aliphatic rings. The van der Waals surface area contributed by atoms with Crippen LogP contribution in [0.5, 0.6) is 5.75 Å². The Morgan fingerprint density at radius 3 is 2.38 bits per heavy atom. The summed E-state index contributed by atoms with van der Waals surface area (Å²) >= 11 is 3.41. The van der Waals surface area contributed by atoms with Crippen molar-refractivity contribution in [1.82, 2.24) is 4.90 Å². The monoisotopic (exact) mass is 460 g/mol. The Hall–Kier alpha value is -2.34. The normalized spacial score (nSPS) is 10.7. The average Bonchev–Trinajstić information content (AvgIpc) is 2.68. The van der Waals surface area contributed by atoms with Crippen LogP contribution in [0.1, 0.15) is 61.3 Å². The zero-order valence-electron chi connectivity index (χ0n) is 17.5. The van der Waals surface area contributed by atoms with Gasteiger partial charge in [-0.15, -0.1) is 0 Å². The summed E-state index contributed by atoms with van der Waals surface area (Å²) in [6.45, 7) is 9.38. The number of ether oxygens (including phenoxy) is 1. The van der Waals surface area contributed by atoms with Gasteiger partial charge >= 0.3 is 0 Å². The number of nitrogens with one attached hydrogen (secondary N) is 1. The topological polar surface area (TPSA) is 58.6 Å². The van der Waals surface area contributed by atoms with Gasteiger partial charge in [0.2, 0.25) is 0 Å². The molecule has 0 unspecified atom stereocenters. The highest BCUT2D eigenvalue weighted by Gasteiger charge is 2.17. The number of hydrogen-bond acceptors (Lipinski definition) is 3. The van der Waals surface area contributed by atoms with Gasteiger partial charge in [0.25, 0.3) is 11.8 Å². The van der Waals surface area contributed by atoms with Crippen molar-refractivity contribution < 1.29 is 14.3 Å². The van der Waals surface area contributed by atoms with E-state index in [1.807, 2.05) is 24.8 Å². The summed E-state index contributed by atoms with van der Waals surface area (Å²) in [5.41, 5.74) is 1.57. The van der Waals surface area contributed by atoms with Gasteiger partial charge in [-0.2, -0.15) is 0 Å². The van der Waals surface area contributed by atoms with Gasteiger partial charge in [0.05, 0.1) is 11.7 Å². The first kappa shape index (κ1) is 22.9. The van der Waals surface area contributed by atoms with Crippen LogP contribution in [0, 0.1) is 0 Å². The van der Waals surface area contributed by atoms with E-state index in [-0.39, 0.29) is 17.9 Å². The Bertz CT molecular complexity index is 846. The van der Waals surface area contributed by atoms with Crippen LogP contribution in [0.2, 0.25) is 0 Å². The predicted molar refractivity (Wildman–Crippen MR) is 121 cm³/mol. The minimum absolute atomic E-state index is 0.0175. The van der Waals surface area contributed by atoms with Gasteiger partial charge in [0, 0.05) is 28.8 Å². The van der Waals surface area contributed by atoms with Gasteiger partial charge in [-0.25, -0.2) is 0 Å². The minimum atomic E-state index is -0.287. The number of benzene rings is 2. The van der Waals surface area contributed by atoms with E-state index in [9.17, 15) is 9.59 Å². The second-order valence-corrected chi connectivity index (χ2v) is 8.05. The number of anilines is 1. The number of carbonyl (C=O) groups is 2. The Morgan fingerprint density at radius 2 is 1.76 bits per heavy atom. The quantitative estimate of drug-likeness (QED) is 0.517. The zero-order chi connectivity index (χ0) is 21.4. The first-order valence-electron chi connectivity index (χ1n) is 10.0. The fraction of sp³-hybridized carbons (Fsp3) is 0.391. The average molecular weight is 461 g/mol. The van der Waals surface area contributed by atoms with Crippen molar-refractivity contribution in [3.05, 3.63) is 58.1 Å².